The average Bonchev–Trinajstić information content (AvgIpc) is 2.44. The van der Waals surface area contributed by atoms with E-state index < -0.39 is 0 Å². The second-order valence-corrected chi connectivity index (χ2v) is 4.97. The number of nitriles is 1. The van der Waals surface area contributed by atoms with Gasteiger partial charge in [-0.05, 0) is 33.6 Å². The summed E-state index contributed by atoms with van der Waals surface area (Å²) in [6, 6.07) is 8.12. The molecule has 2 aromatic heterocycles. The molecule has 4 nitrogen and oxygen atoms in total. The molecule has 0 saturated heterocycles. The molecule has 2 heterocycles. The molecule has 0 aliphatic heterocycles. The molecule has 0 saturated carbocycles. The normalized spacial score (nSPS) is 9.89. The number of anilines is 1. The van der Waals surface area contributed by atoms with Gasteiger partial charge in [-0.1, -0.05) is 6.07 Å². The molecule has 0 atom stereocenters. The fourth-order valence-corrected chi connectivity index (χ4v) is 2.12. The van der Waals surface area contributed by atoms with Gasteiger partial charge in [0.25, 0.3) is 0 Å². The molecule has 2 rings (SSSR count). The van der Waals surface area contributed by atoms with Crippen LogP contribution in [-0.4, -0.2) is 16.5 Å². The molecule has 5 heteroatoms. The Morgan fingerprint density at radius 1 is 1.26 bits per heavy atom. The summed E-state index contributed by atoms with van der Waals surface area (Å²) >= 11 is 3.42. The van der Waals surface area contributed by atoms with Crippen LogP contribution < -0.4 is 4.90 Å². The largest absolute Gasteiger partial charge is 0.365 e. The number of nitrogens with zero attached hydrogens (tertiary/aromatic N) is 4. The van der Waals surface area contributed by atoms with Gasteiger partial charge >= 0.3 is 0 Å². The van der Waals surface area contributed by atoms with Gasteiger partial charge in [-0.25, -0.2) is 0 Å². The van der Waals surface area contributed by atoms with Crippen LogP contribution in [0, 0.1) is 11.3 Å². The highest BCUT2D eigenvalue weighted by atomic mass is 79.9. The van der Waals surface area contributed by atoms with Gasteiger partial charge in [0.15, 0.2) is 0 Å². The number of aromatic nitrogens is 2. The highest BCUT2D eigenvalue weighted by Gasteiger charge is 2.08. The summed E-state index contributed by atoms with van der Waals surface area (Å²) in [5.41, 5.74) is 2.11. The Kier molecular flexibility index (Phi) is 4.87. The van der Waals surface area contributed by atoms with Crippen LogP contribution in [0.1, 0.15) is 12.0 Å². The molecule has 96 valence electrons. The van der Waals surface area contributed by atoms with Crippen LogP contribution in [0.3, 0.4) is 0 Å². The molecule has 0 unspecified atom stereocenters. The number of pyridine rings is 2. The van der Waals surface area contributed by atoms with Crippen LogP contribution in [0.5, 0.6) is 0 Å². The molecule has 0 spiro atoms. The van der Waals surface area contributed by atoms with Gasteiger partial charge in [0.1, 0.15) is 0 Å². The standard InChI is InChI=1S/C14H13BrN4/c15-13-7-14(10-18-9-13)19(6-2-4-16)11-12-3-1-5-17-8-12/h1,3,5,7-10H,2,6,11H2. The van der Waals surface area contributed by atoms with E-state index in [9.17, 15) is 0 Å². The smallest absolute Gasteiger partial charge is 0.0640 e. The number of hydrogen-bond donors (Lipinski definition) is 0. The topological polar surface area (TPSA) is 52.8 Å². The lowest BCUT2D eigenvalue weighted by atomic mass is 10.2. The lowest BCUT2D eigenvalue weighted by Crippen LogP contribution is -2.23. The van der Waals surface area contributed by atoms with Gasteiger partial charge < -0.3 is 4.90 Å². The van der Waals surface area contributed by atoms with E-state index in [4.69, 9.17) is 5.26 Å². The summed E-state index contributed by atoms with van der Waals surface area (Å²) < 4.78 is 0.929. The molecule has 0 fully saturated rings. The first-order valence-electron chi connectivity index (χ1n) is 5.91. The van der Waals surface area contributed by atoms with Crippen molar-refractivity contribution in [3.8, 4) is 6.07 Å². The first-order chi connectivity index (χ1) is 9.29. The van der Waals surface area contributed by atoms with E-state index in [0.29, 0.717) is 19.5 Å². The van der Waals surface area contributed by atoms with Crippen molar-refractivity contribution in [2.24, 2.45) is 0 Å². The lowest BCUT2D eigenvalue weighted by molar-refractivity contribution is 0.792. The van der Waals surface area contributed by atoms with Crippen LogP contribution in [0.2, 0.25) is 0 Å². The third-order valence-electron chi connectivity index (χ3n) is 2.65. The molecule has 2 aromatic rings. The molecular formula is C14H13BrN4. The lowest BCUT2D eigenvalue weighted by Gasteiger charge is -2.23. The van der Waals surface area contributed by atoms with E-state index in [0.717, 1.165) is 15.7 Å². The average molecular weight is 317 g/mol. The van der Waals surface area contributed by atoms with Gasteiger partial charge in [-0.15, -0.1) is 0 Å². The third kappa shape index (κ3) is 4.04. The van der Waals surface area contributed by atoms with Gasteiger partial charge in [0, 0.05) is 36.2 Å². The fourth-order valence-electron chi connectivity index (χ4n) is 1.77. The molecule has 0 aliphatic rings. The summed E-state index contributed by atoms with van der Waals surface area (Å²) in [5.74, 6) is 0. The van der Waals surface area contributed by atoms with Crippen LogP contribution in [0.25, 0.3) is 0 Å². The Hall–Kier alpha value is -1.93. The van der Waals surface area contributed by atoms with Crippen molar-refractivity contribution in [3.63, 3.8) is 0 Å². The predicted octanol–water partition coefficient (Wildman–Crippen LogP) is 3.16. The minimum atomic E-state index is 0.479. The summed E-state index contributed by atoms with van der Waals surface area (Å²) in [7, 11) is 0. The van der Waals surface area contributed by atoms with Crippen LogP contribution in [-0.2, 0) is 6.54 Å². The highest BCUT2D eigenvalue weighted by molar-refractivity contribution is 9.10. The Labute approximate surface area is 120 Å². The van der Waals surface area contributed by atoms with Crippen LogP contribution >= 0.6 is 15.9 Å². The SMILES string of the molecule is N#CCCN(Cc1cccnc1)c1cncc(Br)c1. The first kappa shape index (κ1) is 13.5. The number of rotatable bonds is 5. The highest BCUT2D eigenvalue weighted by Crippen LogP contribution is 2.20. The summed E-state index contributed by atoms with van der Waals surface area (Å²) in [6.45, 7) is 1.39. The summed E-state index contributed by atoms with van der Waals surface area (Å²) in [4.78, 5) is 10.4. The zero-order valence-corrected chi connectivity index (χ0v) is 11.9. The minimum Gasteiger partial charge on any atom is -0.365 e. The van der Waals surface area contributed by atoms with Crippen molar-refractivity contribution < 1.29 is 0 Å². The molecule has 0 amide bonds. The maximum atomic E-state index is 8.77. The molecule has 0 bridgehead atoms. The van der Waals surface area contributed by atoms with E-state index in [2.05, 4.69) is 36.9 Å². The third-order valence-corrected chi connectivity index (χ3v) is 3.08. The second kappa shape index (κ2) is 6.86. The zero-order chi connectivity index (χ0) is 13.5. The Bertz CT molecular complexity index is 565. The molecule has 19 heavy (non-hydrogen) atoms. The summed E-state index contributed by atoms with van der Waals surface area (Å²) in [6.07, 6.45) is 7.62. The van der Waals surface area contributed by atoms with Gasteiger partial charge in [-0.3, -0.25) is 9.97 Å². The van der Waals surface area contributed by atoms with E-state index >= 15 is 0 Å². The van der Waals surface area contributed by atoms with Crippen molar-refractivity contribution in [2.75, 3.05) is 11.4 Å². The van der Waals surface area contributed by atoms with Gasteiger partial charge in [0.05, 0.1) is 24.4 Å². The maximum Gasteiger partial charge on any atom is 0.0640 e. The fraction of sp³-hybridized carbons (Fsp3) is 0.214. The number of halogens is 1. The van der Waals surface area contributed by atoms with Crippen molar-refractivity contribution in [2.45, 2.75) is 13.0 Å². The zero-order valence-electron chi connectivity index (χ0n) is 10.3. The van der Waals surface area contributed by atoms with Crippen molar-refractivity contribution in [1.82, 2.24) is 9.97 Å². The second-order valence-electron chi connectivity index (χ2n) is 4.05. The van der Waals surface area contributed by atoms with E-state index in [-0.39, 0.29) is 0 Å². The van der Waals surface area contributed by atoms with Crippen LogP contribution in [0.4, 0.5) is 5.69 Å². The predicted molar refractivity (Wildman–Crippen MR) is 77.5 cm³/mol. The quantitative estimate of drug-likeness (QED) is 0.850. The Morgan fingerprint density at radius 3 is 2.84 bits per heavy atom. The van der Waals surface area contributed by atoms with E-state index in [1.807, 2.05) is 24.4 Å². The van der Waals surface area contributed by atoms with Gasteiger partial charge in [-0.2, -0.15) is 5.26 Å². The van der Waals surface area contributed by atoms with Gasteiger partial charge in [0.2, 0.25) is 0 Å². The molecule has 0 aromatic carbocycles. The van der Waals surface area contributed by atoms with Crippen LogP contribution in [0.15, 0.2) is 47.5 Å². The van der Waals surface area contributed by atoms with E-state index in [1.54, 1.807) is 18.6 Å². The minimum absolute atomic E-state index is 0.479. The monoisotopic (exact) mass is 316 g/mol. The molecule has 0 aliphatic carbocycles. The van der Waals surface area contributed by atoms with E-state index in [1.165, 1.54) is 0 Å². The molecule has 0 N–H and O–H groups in total. The van der Waals surface area contributed by atoms with Crippen molar-refractivity contribution in [1.29, 1.82) is 5.26 Å². The Balaban J connectivity index is 2.19. The van der Waals surface area contributed by atoms with Crippen molar-refractivity contribution in [3.05, 3.63) is 53.0 Å². The first-order valence-corrected chi connectivity index (χ1v) is 6.70. The number of hydrogen-bond acceptors (Lipinski definition) is 4. The summed E-state index contributed by atoms with van der Waals surface area (Å²) in [5, 5.41) is 8.77. The van der Waals surface area contributed by atoms with Crippen molar-refractivity contribution >= 4 is 21.6 Å². The molecular weight excluding hydrogens is 304 g/mol. The maximum absolute atomic E-state index is 8.77. The Morgan fingerprint density at radius 2 is 2.16 bits per heavy atom. The molecule has 0 radical (unpaired) electrons.